The predicted octanol–water partition coefficient (Wildman–Crippen LogP) is 3.33. The summed E-state index contributed by atoms with van der Waals surface area (Å²) in [6, 6.07) is 8.70. The lowest BCUT2D eigenvalue weighted by molar-refractivity contribution is 0.0690. The van der Waals surface area contributed by atoms with Crippen molar-refractivity contribution in [3.63, 3.8) is 0 Å². The summed E-state index contributed by atoms with van der Waals surface area (Å²) in [6.07, 6.45) is 3.49. The summed E-state index contributed by atoms with van der Waals surface area (Å²) in [7, 11) is 1.96. The Morgan fingerprint density at radius 1 is 1.22 bits per heavy atom. The molecule has 1 fully saturated rings. The number of nitrogens with one attached hydrogen (secondary N) is 2. The van der Waals surface area contributed by atoms with E-state index in [4.69, 9.17) is 4.42 Å². The first-order valence-electron chi connectivity index (χ1n) is 8.98. The molecule has 0 atom stereocenters. The molecule has 1 aromatic heterocycles. The molecular formula is C20H26ClN3O3. The van der Waals surface area contributed by atoms with E-state index in [2.05, 4.69) is 10.6 Å². The molecule has 0 unspecified atom stereocenters. The van der Waals surface area contributed by atoms with E-state index in [0.717, 1.165) is 38.0 Å². The van der Waals surface area contributed by atoms with Crippen molar-refractivity contribution in [3.8, 4) is 0 Å². The van der Waals surface area contributed by atoms with Gasteiger partial charge in [0.25, 0.3) is 11.8 Å². The van der Waals surface area contributed by atoms with Gasteiger partial charge in [0.05, 0.1) is 6.26 Å². The number of halogens is 1. The fourth-order valence-electron chi connectivity index (χ4n) is 3.29. The second kappa shape index (κ2) is 9.58. The molecule has 0 spiro atoms. The summed E-state index contributed by atoms with van der Waals surface area (Å²) >= 11 is 0. The van der Waals surface area contributed by atoms with Crippen LogP contribution in [0.5, 0.6) is 0 Å². The van der Waals surface area contributed by atoms with Crippen LogP contribution in [-0.4, -0.2) is 43.4 Å². The van der Waals surface area contributed by atoms with E-state index in [-0.39, 0.29) is 30.0 Å². The third-order valence-corrected chi connectivity index (χ3v) is 4.87. The maximum absolute atomic E-state index is 12.8. The molecule has 7 heteroatoms. The molecule has 2 aromatic rings. The average Bonchev–Trinajstić information content (AvgIpc) is 3.19. The van der Waals surface area contributed by atoms with Crippen molar-refractivity contribution in [2.75, 3.05) is 32.0 Å². The van der Waals surface area contributed by atoms with E-state index in [1.807, 2.05) is 31.0 Å². The minimum Gasteiger partial charge on any atom is -0.459 e. The van der Waals surface area contributed by atoms with Gasteiger partial charge in [-0.15, -0.1) is 12.4 Å². The first-order valence-corrected chi connectivity index (χ1v) is 8.98. The van der Waals surface area contributed by atoms with Crippen LogP contribution in [0.15, 0.2) is 41.0 Å². The summed E-state index contributed by atoms with van der Waals surface area (Å²) in [4.78, 5) is 26.9. The summed E-state index contributed by atoms with van der Waals surface area (Å²) in [5, 5.41) is 6.03. The maximum atomic E-state index is 12.8. The van der Waals surface area contributed by atoms with Gasteiger partial charge in [0.1, 0.15) is 0 Å². The number of aryl methyl sites for hydroxylation is 1. The van der Waals surface area contributed by atoms with Crippen molar-refractivity contribution < 1.29 is 14.0 Å². The molecule has 0 saturated carbocycles. The SMILES string of the molecule is CNCC1CCN(C(=O)c2ccc(C)c(NC(=O)c3ccco3)c2)CC1.Cl. The highest BCUT2D eigenvalue weighted by Crippen LogP contribution is 2.22. The van der Waals surface area contributed by atoms with Crippen LogP contribution in [0, 0.1) is 12.8 Å². The fraction of sp³-hybridized carbons (Fsp3) is 0.400. The van der Waals surface area contributed by atoms with Crippen molar-refractivity contribution in [2.24, 2.45) is 5.92 Å². The molecule has 1 saturated heterocycles. The Balaban J connectivity index is 0.00000261. The summed E-state index contributed by atoms with van der Waals surface area (Å²) in [6.45, 7) is 4.44. The fourth-order valence-corrected chi connectivity index (χ4v) is 3.29. The Bertz CT molecular complexity index is 769. The molecule has 0 bridgehead atoms. The Hall–Kier alpha value is -2.31. The van der Waals surface area contributed by atoms with Gasteiger partial charge in [-0.25, -0.2) is 0 Å². The number of hydrogen-bond donors (Lipinski definition) is 2. The van der Waals surface area contributed by atoms with Crippen molar-refractivity contribution >= 4 is 29.9 Å². The van der Waals surface area contributed by atoms with Crippen LogP contribution in [-0.2, 0) is 0 Å². The highest BCUT2D eigenvalue weighted by Gasteiger charge is 2.23. The Labute approximate surface area is 165 Å². The number of carbonyl (C=O) groups is 2. The number of anilines is 1. The van der Waals surface area contributed by atoms with E-state index >= 15 is 0 Å². The van der Waals surface area contributed by atoms with Gasteiger partial charge in [-0.3, -0.25) is 9.59 Å². The molecule has 2 heterocycles. The topological polar surface area (TPSA) is 74.6 Å². The predicted molar refractivity (Wildman–Crippen MR) is 108 cm³/mol. The second-order valence-electron chi connectivity index (χ2n) is 6.75. The van der Waals surface area contributed by atoms with Crippen LogP contribution in [0.3, 0.4) is 0 Å². The number of rotatable bonds is 5. The molecule has 1 aliphatic heterocycles. The van der Waals surface area contributed by atoms with Crippen LogP contribution in [0.2, 0.25) is 0 Å². The van der Waals surface area contributed by atoms with E-state index in [0.29, 0.717) is 17.2 Å². The first kappa shape index (κ1) is 21.0. The van der Waals surface area contributed by atoms with Gasteiger partial charge in [0.2, 0.25) is 0 Å². The van der Waals surface area contributed by atoms with Gasteiger partial charge >= 0.3 is 0 Å². The summed E-state index contributed by atoms with van der Waals surface area (Å²) in [5.41, 5.74) is 2.12. The van der Waals surface area contributed by atoms with Crippen LogP contribution in [0.4, 0.5) is 5.69 Å². The highest BCUT2D eigenvalue weighted by molar-refractivity contribution is 6.03. The molecule has 1 aromatic carbocycles. The van der Waals surface area contributed by atoms with Crippen molar-refractivity contribution in [1.82, 2.24) is 10.2 Å². The van der Waals surface area contributed by atoms with Gasteiger partial charge in [0.15, 0.2) is 5.76 Å². The molecule has 0 radical (unpaired) electrons. The monoisotopic (exact) mass is 391 g/mol. The molecular weight excluding hydrogens is 366 g/mol. The van der Waals surface area contributed by atoms with Crippen LogP contribution >= 0.6 is 12.4 Å². The van der Waals surface area contributed by atoms with Crippen LogP contribution in [0.1, 0.15) is 39.3 Å². The van der Waals surface area contributed by atoms with Crippen molar-refractivity contribution in [1.29, 1.82) is 0 Å². The summed E-state index contributed by atoms with van der Waals surface area (Å²) in [5.74, 6) is 0.565. The lowest BCUT2D eigenvalue weighted by Crippen LogP contribution is -2.40. The molecule has 2 amide bonds. The largest absolute Gasteiger partial charge is 0.459 e. The number of carbonyl (C=O) groups excluding carboxylic acids is 2. The van der Waals surface area contributed by atoms with Gasteiger partial charge in [-0.2, -0.15) is 0 Å². The quantitative estimate of drug-likeness (QED) is 0.819. The van der Waals surface area contributed by atoms with Gasteiger partial charge in [0, 0.05) is 24.3 Å². The standard InChI is InChI=1S/C20H25N3O3.ClH/c1-14-5-6-16(12-17(14)22-19(24)18-4-3-11-26-18)20(25)23-9-7-15(8-10-23)13-21-2;/h3-6,11-12,15,21H,7-10,13H2,1-2H3,(H,22,24);1H. The van der Waals surface area contributed by atoms with E-state index in [9.17, 15) is 9.59 Å². The number of hydrogen-bond acceptors (Lipinski definition) is 4. The highest BCUT2D eigenvalue weighted by atomic mass is 35.5. The maximum Gasteiger partial charge on any atom is 0.291 e. The van der Waals surface area contributed by atoms with Crippen molar-refractivity contribution in [3.05, 3.63) is 53.5 Å². The smallest absolute Gasteiger partial charge is 0.291 e. The number of benzene rings is 1. The number of nitrogens with zero attached hydrogens (tertiary/aromatic N) is 1. The number of furan rings is 1. The average molecular weight is 392 g/mol. The summed E-state index contributed by atoms with van der Waals surface area (Å²) < 4.78 is 5.12. The van der Waals surface area contributed by atoms with Crippen LogP contribution in [0.25, 0.3) is 0 Å². The van der Waals surface area contributed by atoms with Crippen molar-refractivity contribution in [2.45, 2.75) is 19.8 Å². The minimum absolute atomic E-state index is 0. The zero-order chi connectivity index (χ0) is 18.5. The molecule has 27 heavy (non-hydrogen) atoms. The lowest BCUT2D eigenvalue weighted by Gasteiger charge is -2.32. The van der Waals surface area contributed by atoms with Gasteiger partial charge in [-0.1, -0.05) is 6.07 Å². The van der Waals surface area contributed by atoms with E-state index < -0.39 is 0 Å². The minimum atomic E-state index is -0.324. The molecule has 1 aliphatic rings. The molecule has 3 rings (SSSR count). The van der Waals surface area contributed by atoms with E-state index in [1.165, 1.54) is 6.26 Å². The van der Waals surface area contributed by atoms with Gasteiger partial charge < -0.3 is 20.0 Å². The lowest BCUT2D eigenvalue weighted by atomic mass is 9.96. The second-order valence-corrected chi connectivity index (χ2v) is 6.75. The molecule has 6 nitrogen and oxygen atoms in total. The Morgan fingerprint density at radius 3 is 2.59 bits per heavy atom. The number of piperidine rings is 1. The third kappa shape index (κ3) is 5.11. The first-order chi connectivity index (χ1) is 12.6. The zero-order valence-electron chi connectivity index (χ0n) is 15.7. The number of amides is 2. The molecule has 146 valence electrons. The van der Waals surface area contributed by atoms with Crippen LogP contribution < -0.4 is 10.6 Å². The molecule has 2 N–H and O–H groups in total. The normalized spacial score (nSPS) is 14.5. The van der Waals surface area contributed by atoms with Gasteiger partial charge in [-0.05, 0) is 69.1 Å². The zero-order valence-corrected chi connectivity index (χ0v) is 16.5. The number of likely N-dealkylation sites (tertiary alicyclic amines) is 1. The third-order valence-electron chi connectivity index (χ3n) is 4.87. The Kier molecular flexibility index (Phi) is 7.45. The Morgan fingerprint density at radius 2 is 1.96 bits per heavy atom. The molecule has 0 aliphatic carbocycles. The van der Waals surface area contributed by atoms with E-state index in [1.54, 1.807) is 18.2 Å².